The minimum atomic E-state index is 0. The fraction of sp³-hybridized carbons (Fsp3) is 0.867. The number of hydrogen-bond donors (Lipinski definition) is 0. The molecule has 0 aliphatic heterocycles. The summed E-state index contributed by atoms with van der Waals surface area (Å²) in [5.41, 5.74) is 0.647. The van der Waals surface area contributed by atoms with E-state index in [0.29, 0.717) is 22.7 Å². The van der Waals surface area contributed by atoms with Crippen molar-refractivity contribution in [3.63, 3.8) is 0 Å². The molecule has 0 heterocycles. The first-order valence-corrected chi connectivity index (χ1v) is 6.28. The maximum Gasteiger partial charge on any atom is 0 e. The van der Waals surface area contributed by atoms with Gasteiger partial charge in [0.15, 0.2) is 0 Å². The summed E-state index contributed by atoms with van der Waals surface area (Å²) in [6.07, 6.45) is 6.12. The zero-order valence-corrected chi connectivity index (χ0v) is 15.4. The molecule has 1 heteroatoms. The predicted molar refractivity (Wildman–Crippen MR) is 70.5 cm³/mol. The monoisotopic (exact) mass is 299 g/mol. The van der Waals surface area contributed by atoms with Crippen molar-refractivity contribution in [2.24, 2.45) is 22.7 Å². The number of rotatable bonds is 6. The largest absolute Gasteiger partial charge is 0.326 e. The summed E-state index contributed by atoms with van der Waals surface area (Å²) in [5, 5.41) is 0. The average molecular weight is 299 g/mol. The first kappa shape index (κ1) is 19.4. The minimum Gasteiger partial charge on any atom is -0.326 e. The average Bonchev–Trinajstić information content (AvgIpc) is 1.98. The van der Waals surface area contributed by atoms with E-state index in [1.807, 2.05) is 0 Å². The first-order valence-electron chi connectivity index (χ1n) is 6.28. The SMILES string of the molecule is CC(C)[CH-]CC(C)(C)C(C)(C)[CH-]C(C)C.[Y]. The summed E-state index contributed by atoms with van der Waals surface area (Å²) in [6.45, 7) is 18.5. The summed E-state index contributed by atoms with van der Waals surface area (Å²) < 4.78 is 0. The predicted octanol–water partition coefficient (Wildman–Crippen LogP) is 5.15. The fourth-order valence-electron chi connectivity index (χ4n) is 1.85. The molecule has 0 fully saturated rings. The molecule has 0 aromatic heterocycles. The zero-order chi connectivity index (χ0) is 12.3. The fourth-order valence-corrected chi connectivity index (χ4v) is 1.85. The van der Waals surface area contributed by atoms with E-state index < -0.39 is 0 Å². The quantitative estimate of drug-likeness (QED) is 0.595. The normalized spacial score (nSPS) is 13.1. The molecule has 0 aromatic rings. The van der Waals surface area contributed by atoms with Crippen molar-refractivity contribution < 1.29 is 32.7 Å². The summed E-state index contributed by atoms with van der Waals surface area (Å²) in [4.78, 5) is 0. The van der Waals surface area contributed by atoms with Crippen LogP contribution in [0.1, 0.15) is 61.8 Å². The van der Waals surface area contributed by atoms with Crippen LogP contribution in [0.15, 0.2) is 0 Å². The van der Waals surface area contributed by atoms with Gasteiger partial charge in [0.2, 0.25) is 0 Å². The molecule has 0 aliphatic carbocycles. The molecule has 0 amide bonds. The van der Waals surface area contributed by atoms with Gasteiger partial charge >= 0.3 is 0 Å². The third-order valence-electron chi connectivity index (χ3n) is 3.59. The van der Waals surface area contributed by atoms with Gasteiger partial charge in [-0.15, -0.1) is 0 Å². The van der Waals surface area contributed by atoms with Crippen molar-refractivity contribution in [2.45, 2.75) is 61.8 Å². The molecular formula is C15H30Y-2. The second kappa shape index (κ2) is 7.52. The van der Waals surface area contributed by atoms with Crippen molar-refractivity contribution in [1.82, 2.24) is 0 Å². The molecule has 0 unspecified atom stereocenters. The van der Waals surface area contributed by atoms with Gasteiger partial charge in [0.05, 0.1) is 0 Å². The van der Waals surface area contributed by atoms with Crippen molar-refractivity contribution in [2.75, 3.05) is 0 Å². The summed E-state index contributed by atoms with van der Waals surface area (Å²) in [7, 11) is 0. The standard InChI is InChI=1S/C15H30.Y/c1-12(2)9-10-14(5,6)15(7,8)11-13(3)4;/h9,11-13H,10H2,1-8H3;/q-2;. The molecule has 16 heavy (non-hydrogen) atoms. The van der Waals surface area contributed by atoms with Crippen LogP contribution in [-0.4, -0.2) is 0 Å². The molecule has 0 N–H and O–H groups in total. The van der Waals surface area contributed by atoms with Gasteiger partial charge in [0.1, 0.15) is 0 Å². The molecular weight excluding hydrogens is 269 g/mol. The Morgan fingerprint density at radius 3 is 1.62 bits per heavy atom. The minimum absolute atomic E-state index is 0. The summed E-state index contributed by atoms with van der Waals surface area (Å²) >= 11 is 0. The van der Waals surface area contributed by atoms with E-state index >= 15 is 0 Å². The molecule has 0 rings (SSSR count). The van der Waals surface area contributed by atoms with Crippen LogP contribution in [0.2, 0.25) is 0 Å². The van der Waals surface area contributed by atoms with Crippen LogP contribution in [0.3, 0.4) is 0 Å². The first-order chi connectivity index (χ1) is 6.58. The maximum absolute atomic E-state index is 2.49. The zero-order valence-electron chi connectivity index (χ0n) is 12.6. The smallest absolute Gasteiger partial charge is 0 e. The molecule has 0 aromatic carbocycles. The third-order valence-corrected chi connectivity index (χ3v) is 3.59. The molecule has 1 radical (unpaired) electrons. The molecule has 0 atom stereocenters. The Kier molecular flexibility index (Phi) is 9.14. The number of hydrogen-bond acceptors (Lipinski definition) is 0. The Hall–Kier alpha value is 1.10. The third kappa shape index (κ3) is 6.75. The van der Waals surface area contributed by atoms with E-state index in [0.717, 1.165) is 0 Å². The van der Waals surface area contributed by atoms with Crippen LogP contribution in [-0.2, 0) is 32.7 Å². The van der Waals surface area contributed by atoms with Gasteiger partial charge in [0.25, 0.3) is 0 Å². The molecule has 95 valence electrons. The van der Waals surface area contributed by atoms with Crippen LogP contribution in [0, 0.1) is 35.5 Å². The molecule has 0 saturated carbocycles. The van der Waals surface area contributed by atoms with Crippen molar-refractivity contribution >= 4 is 0 Å². The van der Waals surface area contributed by atoms with E-state index in [9.17, 15) is 0 Å². The summed E-state index contributed by atoms with van der Waals surface area (Å²) in [6, 6.07) is 0. The summed E-state index contributed by atoms with van der Waals surface area (Å²) in [5.74, 6) is 1.36. The van der Waals surface area contributed by atoms with E-state index in [1.54, 1.807) is 0 Å². The molecule has 0 aliphatic rings. The van der Waals surface area contributed by atoms with Crippen molar-refractivity contribution in [3.05, 3.63) is 12.8 Å². The van der Waals surface area contributed by atoms with E-state index in [1.165, 1.54) is 6.42 Å². The Bertz CT molecular complexity index is 178. The maximum atomic E-state index is 2.49. The van der Waals surface area contributed by atoms with Crippen LogP contribution in [0.5, 0.6) is 0 Å². The van der Waals surface area contributed by atoms with Crippen LogP contribution in [0.25, 0.3) is 0 Å². The van der Waals surface area contributed by atoms with E-state index in [4.69, 9.17) is 0 Å². The molecule has 0 nitrogen and oxygen atoms in total. The van der Waals surface area contributed by atoms with Gasteiger partial charge in [-0.2, -0.15) is 23.7 Å². The van der Waals surface area contributed by atoms with Crippen molar-refractivity contribution in [3.8, 4) is 0 Å². The van der Waals surface area contributed by atoms with E-state index in [-0.39, 0.29) is 32.7 Å². The van der Waals surface area contributed by atoms with Crippen LogP contribution >= 0.6 is 0 Å². The molecule has 0 spiro atoms. The second-order valence-corrected chi connectivity index (χ2v) is 6.70. The van der Waals surface area contributed by atoms with Gasteiger partial charge in [-0.25, -0.2) is 0 Å². The Morgan fingerprint density at radius 2 is 1.31 bits per heavy atom. The van der Waals surface area contributed by atoms with Crippen LogP contribution in [0.4, 0.5) is 0 Å². The topological polar surface area (TPSA) is 0 Å². The Balaban J connectivity index is 0. The molecule has 0 saturated heterocycles. The Labute approximate surface area is 129 Å². The van der Waals surface area contributed by atoms with Gasteiger partial charge in [-0.1, -0.05) is 60.8 Å². The van der Waals surface area contributed by atoms with Gasteiger partial charge in [0, 0.05) is 32.7 Å². The van der Waals surface area contributed by atoms with Gasteiger partial charge < -0.3 is 12.8 Å². The second-order valence-electron chi connectivity index (χ2n) is 6.70. The molecule has 0 bridgehead atoms. The van der Waals surface area contributed by atoms with Gasteiger partial charge in [-0.3, -0.25) is 0 Å². The van der Waals surface area contributed by atoms with E-state index in [2.05, 4.69) is 68.2 Å². The Morgan fingerprint density at radius 1 is 0.875 bits per heavy atom. The van der Waals surface area contributed by atoms with Crippen molar-refractivity contribution in [1.29, 1.82) is 0 Å². The van der Waals surface area contributed by atoms with Gasteiger partial charge in [-0.05, 0) is 0 Å². The van der Waals surface area contributed by atoms with Crippen LogP contribution < -0.4 is 0 Å².